The van der Waals surface area contributed by atoms with E-state index in [0.29, 0.717) is 12.3 Å². The molecule has 0 unspecified atom stereocenters. The molecule has 1 aliphatic rings. The zero-order valence-electron chi connectivity index (χ0n) is 11.1. The maximum atomic E-state index is 11.9. The highest BCUT2D eigenvalue weighted by Crippen LogP contribution is 2.24. The van der Waals surface area contributed by atoms with Crippen LogP contribution in [0.2, 0.25) is 0 Å². The summed E-state index contributed by atoms with van der Waals surface area (Å²) in [7, 11) is -2.82. The lowest BCUT2D eigenvalue weighted by Crippen LogP contribution is -2.29. The van der Waals surface area contributed by atoms with Gasteiger partial charge < -0.3 is 5.32 Å². The second-order valence-electron chi connectivity index (χ2n) is 5.08. The Hall–Kier alpha value is -0.0900. The Bertz CT molecular complexity index is 282. The van der Waals surface area contributed by atoms with Crippen LogP contribution in [0.15, 0.2) is 0 Å². The van der Waals surface area contributed by atoms with Crippen molar-refractivity contribution < 1.29 is 8.42 Å². The summed E-state index contributed by atoms with van der Waals surface area (Å²) in [4.78, 5) is 0. The molecule has 0 bridgehead atoms. The highest BCUT2D eigenvalue weighted by atomic mass is 32.2. The summed E-state index contributed by atoms with van der Waals surface area (Å²) in [6.07, 6.45) is 8.90. The Labute approximate surface area is 106 Å². The van der Waals surface area contributed by atoms with Gasteiger partial charge in [0.15, 0.2) is 9.84 Å². The topological polar surface area (TPSA) is 46.2 Å². The molecule has 0 aromatic heterocycles. The minimum absolute atomic E-state index is 0.0376. The number of hydrogen-bond acceptors (Lipinski definition) is 3. The molecule has 102 valence electrons. The number of rotatable bonds is 9. The Morgan fingerprint density at radius 2 is 1.76 bits per heavy atom. The van der Waals surface area contributed by atoms with Gasteiger partial charge in [0.25, 0.3) is 0 Å². The minimum atomic E-state index is -2.82. The summed E-state index contributed by atoms with van der Waals surface area (Å²) in [6, 6.07) is 0. The molecule has 0 saturated heterocycles. The van der Waals surface area contributed by atoms with Crippen molar-refractivity contribution in [1.29, 1.82) is 0 Å². The fourth-order valence-corrected chi connectivity index (χ4v) is 4.24. The third-order valence-electron chi connectivity index (χ3n) is 3.58. The molecular weight excluding hydrogens is 234 g/mol. The first-order valence-electron chi connectivity index (χ1n) is 7.09. The predicted octanol–water partition coefficient (Wildman–Crippen LogP) is 2.51. The van der Waals surface area contributed by atoms with Crippen molar-refractivity contribution in [2.75, 3.05) is 18.8 Å². The van der Waals surface area contributed by atoms with E-state index in [1.165, 1.54) is 19.3 Å². The smallest absolute Gasteiger partial charge is 0.154 e. The Morgan fingerprint density at radius 3 is 2.41 bits per heavy atom. The first-order valence-corrected chi connectivity index (χ1v) is 8.80. The quantitative estimate of drug-likeness (QED) is 0.649. The summed E-state index contributed by atoms with van der Waals surface area (Å²) in [5, 5.41) is 3.21. The van der Waals surface area contributed by atoms with E-state index in [1.807, 2.05) is 0 Å². The number of nitrogens with one attached hydrogen (secondary N) is 1. The zero-order valence-corrected chi connectivity index (χ0v) is 11.9. The molecule has 0 radical (unpaired) electrons. The van der Waals surface area contributed by atoms with Crippen molar-refractivity contribution in [2.24, 2.45) is 0 Å². The van der Waals surface area contributed by atoms with Crippen LogP contribution >= 0.6 is 0 Å². The lowest BCUT2D eigenvalue weighted by atomic mass is 10.2. The van der Waals surface area contributed by atoms with Gasteiger partial charge in [0.05, 0.1) is 11.0 Å². The van der Waals surface area contributed by atoms with Gasteiger partial charge in [0.1, 0.15) is 0 Å². The molecule has 0 aromatic carbocycles. The first-order chi connectivity index (χ1) is 8.17. The number of unbranched alkanes of at least 4 members (excludes halogenated alkanes) is 3. The van der Waals surface area contributed by atoms with Gasteiger partial charge in [-0.25, -0.2) is 8.42 Å². The summed E-state index contributed by atoms with van der Waals surface area (Å²) in [6.45, 7) is 3.78. The van der Waals surface area contributed by atoms with Crippen molar-refractivity contribution >= 4 is 9.84 Å². The highest BCUT2D eigenvalue weighted by Gasteiger charge is 2.27. The molecule has 1 aliphatic carbocycles. The van der Waals surface area contributed by atoms with Gasteiger partial charge in [-0.2, -0.15) is 0 Å². The van der Waals surface area contributed by atoms with Gasteiger partial charge in [-0.15, -0.1) is 0 Å². The summed E-state index contributed by atoms with van der Waals surface area (Å²) < 4.78 is 23.9. The summed E-state index contributed by atoms with van der Waals surface area (Å²) >= 11 is 0. The van der Waals surface area contributed by atoms with E-state index in [0.717, 1.165) is 38.6 Å². The van der Waals surface area contributed by atoms with Gasteiger partial charge in [0, 0.05) is 6.54 Å². The van der Waals surface area contributed by atoms with E-state index in [2.05, 4.69) is 12.2 Å². The van der Waals surface area contributed by atoms with Gasteiger partial charge >= 0.3 is 0 Å². The molecule has 3 nitrogen and oxygen atoms in total. The van der Waals surface area contributed by atoms with Crippen LogP contribution in [0.4, 0.5) is 0 Å². The van der Waals surface area contributed by atoms with Crippen molar-refractivity contribution in [3.05, 3.63) is 0 Å². The first kappa shape index (κ1) is 15.0. The van der Waals surface area contributed by atoms with Gasteiger partial charge in [-0.1, -0.05) is 39.0 Å². The predicted molar refractivity (Wildman–Crippen MR) is 73.1 cm³/mol. The molecule has 1 saturated carbocycles. The van der Waals surface area contributed by atoms with Gasteiger partial charge in [-0.3, -0.25) is 0 Å². The van der Waals surface area contributed by atoms with E-state index in [-0.39, 0.29) is 5.25 Å². The van der Waals surface area contributed by atoms with Crippen LogP contribution in [0.25, 0.3) is 0 Å². The maximum absolute atomic E-state index is 11.9. The van der Waals surface area contributed by atoms with Crippen LogP contribution in [0.3, 0.4) is 0 Å². The lowest BCUT2D eigenvalue weighted by Gasteiger charge is -2.11. The molecular formula is C13H27NO2S. The van der Waals surface area contributed by atoms with E-state index in [1.54, 1.807) is 0 Å². The van der Waals surface area contributed by atoms with Gasteiger partial charge in [0.2, 0.25) is 0 Å². The van der Waals surface area contributed by atoms with Crippen LogP contribution < -0.4 is 5.32 Å². The van der Waals surface area contributed by atoms with Gasteiger partial charge in [-0.05, 0) is 25.8 Å². The van der Waals surface area contributed by atoms with E-state index >= 15 is 0 Å². The molecule has 1 rings (SSSR count). The van der Waals surface area contributed by atoms with Crippen LogP contribution in [0, 0.1) is 0 Å². The van der Waals surface area contributed by atoms with E-state index < -0.39 is 9.84 Å². The third-order valence-corrected chi connectivity index (χ3v) is 5.84. The molecule has 4 heteroatoms. The molecule has 0 heterocycles. The molecule has 0 spiro atoms. The number of sulfone groups is 1. The minimum Gasteiger partial charge on any atom is -0.316 e. The van der Waals surface area contributed by atoms with Crippen molar-refractivity contribution in [3.8, 4) is 0 Å². The molecule has 1 N–H and O–H groups in total. The summed E-state index contributed by atoms with van der Waals surface area (Å²) in [5.74, 6) is 0.325. The van der Waals surface area contributed by atoms with Crippen LogP contribution in [0.1, 0.15) is 58.3 Å². The van der Waals surface area contributed by atoms with Crippen LogP contribution in [-0.4, -0.2) is 32.5 Å². The fourth-order valence-electron chi connectivity index (χ4n) is 2.43. The maximum Gasteiger partial charge on any atom is 0.154 e. The second kappa shape index (κ2) is 8.09. The Morgan fingerprint density at radius 1 is 1.06 bits per heavy atom. The molecule has 17 heavy (non-hydrogen) atoms. The van der Waals surface area contributed by atoms with E-state index in [9.17, 15) is 8.42 Å². The lowest BCUT2D eigenvalue weighted by molar-refractivity contribution is 0.570. The molecule has 1 fully saturated rings. The van der Waals surface area contributed by atoms with Crippen molar-refractivity contribution in [1.82, 2.24) is 5.32 Å². The van der Waals surface area contributed by atoms with E-state index in [4.69, 9.17) is 0 Å². The second-order valence-corrected chi connectivity index (χ2v) is 7.48. The normalized spacial score (nSPS) is 17.7. The van der Waals surface area contributed by atoms with Crippen molar-refractivity contribution in [2.45, 2.75) is 63.5 Å². The molecule has 0 aromatic rings. The molecule has 0 amide bonds. The SMILES string of the molecule is CCCCCCNCCS(=O)(=O)C1CCCC1. The molecule has 0 atom stereocenters. The van der Waals surface area contributed by atoms with Crippen molar-refractivity contribution in [3.63, 3.8) is 0 Å². The highest BCUT2D eigenvalue weighted by molar-refractivity contribution is 7.92. The largest absolute Gasteiger partial charge is 0.316 e. The average molecular weight is 261 g/mol. The third kappa shape index (κ3) is 5.87. The average Bonchev–Trinajstić information content (AvgIpc) is 2.82. The van der Waals surface area contributed by atoms with Crippen LogP contribution in [0.5, 0.6) is 0 Å². The van der Waals surface area contributed by atoms with Crippen LogP contribution in [-0.2, 0) is 9.84 Å². The summed E-state index contributed by atoms with van der Waals surface area (Å²) in [5.41, 5.74) is 0. The Kier molecular flexibility index (Phi) is 7.12. The fraction of sp³-hybridized carbons (Fsp3) is 1.00. The monoisotopic (exact) mass is 261 g/mol. The molecule has 0 aliphatic heterocycles. The Balaban J connectivity index is 2.05. The number of hydrogen-bond donors (Lipinski definition) is 1. The zero-order chi connectivity index (χ0) is 12.6. The standard InChI is InChI=1S/C13H27NO2S/c1-2-3-4-7-10-14-11-12-17(15,16)13-8-5-6-9-13/h13-14H,2-12H2,1H3.